The third-order valence-corrected chi connectivity index (χ3v) is 6.16. The number of thiazole rings is 1. The summed E-state index contributed by atoms with van der Waals surface area (Å²) >= 11 is 8.99. The van der Waals surface area contributed by atoms with E-state index in [1.807, 2.05) is 22.4 Å². The number of hydrogen-bond donors (Lipinski definition) is 0. The van der Waals surface area contributed by atoms with Crippen LogP contribution >= 0.6 is 34.3 Å². The molecule has 0 bridgehead atoms. The lowest BCUT2D eigenvalue weighted by Crippen LogP contribution is -2.30. The Kier molecular flexibility index (Phi) is 5.24. The van der Waals surface area contributed by atoms with Crippen LogP contribution in [0.15, 0.2) is 46.5 Å². The van der Waals surface area contributed by atoms with Crippen LogP contribution in [0, 0.1) is 0 Å². The summed E-state index contributed by atoms with van der Waals surface area (Å²) in [6.07, 6.45) is 2.04. The third-order valence-electron chi connectivity index (χ3n) is 4.39. The van der Waals surface area contributed by atoms with Crippen molar-refractivity contribution in [3.63, 3.8) is 0 Å². The Bertz CT molecular complexity index is 877. The maximum atomic E-state index is 12.9. The minimum absolute atomic E-state index is 0.00712. The van der Waals surface area contributed by atoms with E-state index < -0.39 is 0 Å². The smallest absolute Gasteiger partial charge is 0.273 e. The summed E-state index contributed by atoms with van der Waals surface area (Å²) in [5.74, 6) is 0.738. The fraction of sp³-hybridized carbons (Fsp3) is 0.263. The maximum Gasteiger partial charge on any atom is 0.273 e. The van der Waals surface area contributed by atoms with Crippen molar-refractivity contribution >= 4 is 40.2 Å². The van der Waals surface area contributed by atoms with E-state index in [1.54, 1.807) is 23.5 Å². The summed E-state index contributed by atoms with van der Waals surface area (Å²) in [6.45, 7) is 1.13. The highest BCUT2D eigenvalue weighted by Crippen LogP contribution is 2.34. The van der Waals surface area contributed by atoms with E-state index in [1.165, 1.54) is 16.9 Å². The second-order valence-corrected chi connectivity index (χ2v) is 8.24. The van der Waals surface area contributed by atoms with Crippen LogP contribution in [-0.4, -0.2) is 22.3 Å². The number of hydrogen-bond acceptors (Lipinski definition) is 5. The molecule has 1 aliphatic rings. The number of aromatic nitrogens is 1. The number of ether oxygens (including phenoxy) is 1. The van der Waals surface area contributed by atoms with Crippen molar-refractivity contribution in [3.8, 4) is 5.75 Å². The average molecular weight is 405 g/mol. The molecule has 1 fully saturated rings. The summed E-state index contributed by atoms with van der Waals surface area (Å²) in [5.41, 5.74) is 1.73. The van der Waals surface area contributed by atoms with Gasteiger partial charge in [0.05, 0.1) is 6.04 Å². The van der Waals surface area contributed by atoms with Gasteiger partial charge in [-0.05, 0) is 59.5 Å². The minimum atomic E-state index is 0.00712. The normalized spacial score (nSPS) is 16.8. The zero-order valence-electron chi connectivity index (χ0n) is 13.9. The van der Waals surface area contributed by atoms with Crippen LogP contribution in [0.4, 0.5) is 0 Å². The van der Waals surface area contributed by atoms with Crippen molar-refractivity contribution in [1.82, 2.24) is 9.88 Å². The molecule has 0 N–H and O–H groups in total. The molecule has 7 heteroatoms. The lowest BCUT2D eigenvalue weighted by Gasteiger charge is -2.23. The highest BCUT2D eigenvalue weighted by molar-refractivity contribution is 7.09. The van der Waals surface area contributed by atoms with E-state index in [-0.39, 0.29) is 11.9 Å². The van der Waals surface area contributed by atoms with Crippen molar-refractivity contribution < 1.29 is 9.53 Å². The van der Waals surface area contributed by atoms with Crippen molar-refractivity contribution in [1.29, 1.82) is 0 Å². The number of carbonyl (C=O) groups is 1. The molecule has 4 nitrogen and oxygen atoms in total. The molecule has 3 heterocycles. The lowest BCUT2D eigenvalue weighted by molar-refractivity contribution is 0.0730. The van der Waals surface area contributed by atoms with Crippen LogP contribution in [-0.2, 0) is 6.61 Å². The Hall–Kier alpha value is -1.89. The monoisotopic (exact) mass is 404 g/mol. The molecule has 1 aromatic carbocycles. The van der Waals surface area contributed by atoms with Gasteiger partial charge in [-0.25, -0.2) is 4.98 Å². The number of rotatable bonds is 5. The van der Waals surface area contributed by atoms with Gasteiger partial charge in [-0.3, -0.25) is 4.79 Å². The first-order chi connectivity index (χ1) is 12.7. The second kappa shape index (κ2) is 7.78. The van der Waals surface area contributed by atoms with Gasteiger partial charge >= 0.3 is 0 Å². The number of nitrogens with zero attached hydrogens (tertiary/aromatic N) is 2. The first kappa shape index (κ1) is 17.5. The van der Waals surface area contributed by atoms with Crippen molar-refractivity contribution in [2.75, 3.05) is 6.54 Å². The molecule has 1 amide bonds. The number of carbonyl (C=O) groups excluding carboxylic acids is 1. The van der Waals surface area contributed by atoms with Crippen LogP contribution < -0.4 is 4.74 Å². The number of amides is 1. The summed E-state index contributed by atoms with van der Waals surface area (Å²) in [6, 6.07) is 9.48. The number of thiophene rings is 1. The predicted molar refractivity (Wildman–Crippen MR) is 105 cm³/mol. The lowest BCUT2D eigenvalue weighted by atomic mass is 10.1. The van der Waals surface area contributed by atoms with Gasteiger partial charge in [0.1, 0.15) is 23.1 Å². The van der Waals surface area contributed by atoms with Crippen LogP contribution in [0.3, 0.4) is 0 Å². The number of halogens is 1. The molecule has 1 unspecified atom stereocenters. The van der Waals surface area contributed by atoms with E-state index in [4.69, 9.17) is 16.3 Å². The zero-order chi connectivity index (χ0) is 17.9. The highest BCUT2D eigenvalue weighted by atomic mass is 35.5. The molecule has 0 spiro atoms. The topological polar surface area (TPSA) is 42.4 Å². The van der Waals surface area contributed by atoms with E-state index in [9.17, 15) is 4.79 Å². The van der Waals surface area contributed by atoms with Crippen LogP contribution in [0.25, 0.3) is 0 Å². The maximum absolute atomic E-state index is 12.9. The average Bonchev–Trinajstić information content (AvgIpc) is 3.41. The molecule has 0 saturated carbocycles. The van der Waals surface area contributed by atoms with Gasteiger partial charge in [0.25, 0.3) is 5.91 Å². The minimum Gasteiger partial charge on any atom is -0.486 e. The van der Waals surface area contributed by atoms with E-state index >= 15 is 0 Å². The van der Waals surface area contributed by atoms with Crippen molar-refractivity contribution in [3.05, 3.63) is 67.8 Å². The standard InChI is InChI=1S/C19H17ClN2O2S2/c20-14-3-5-15(6-4-14)24-10-18-21-16(12-26-18)19(23)22-8-1-2-17(22)13-7-9-25-11-13/h3-7,9,11-12,17H,1-2,8,10H2. The molecular formula is C19H17ClN2O2S2. The fourth-order valence-electron chi connectivity index (χ4n) is 3.12. The predicted octanol–water partition coefficient (Wildman–Crippen LogP) is 5.41. The third kappa shape index (κ3) is 3.77. The molecule has 3 aromatic rings. The molecule has 1 aliphatic heterocycles. The molecule has 0 aliphatic carbocycles. The summed E-state index contributed by atoms with van der Waals surface area (Å²) in [5, 5.41) is 7.47. The summed E-state index contributed by atoms with van der Waals surface area (Å²) in [4.78, 5) is 19.3. The van der Waals surface area contributed by atoms with Gasteiger partial charge in [0.15, 0.2) is 0 Å². The van der Waals surface area contributed by atoms with Crippen LogP contribution in [0.2, 0.25) is 5.02 Å². The Morgan fingerprint density at radius 3 is 2.88 bits per heavy atom. The van der Waals surface area contributed by atoms with E-state index in [2.05, 4.69) is 21.8 Å². The quantitative estimate of drug-likeness (QED) is 0.570. The molecule has 0 radical (unpaired) electrons. The Morgan fingerprint density at radius 2 is 2.12 bits per heavy atom. The van der Waals surface area contributed by atoms with Crippen LogP contribution in [0.1, 0.15) is 39.9 Å². The van der Waals surface area contributed by atoms with Gasteiger partial charge in [-0.2, -0.15) is 11.3 Å². The molecule has 4 rings (SSSR count). The van der Waals surface area contributed by atoms with Gasteiger partial charge < -0.3 is 9.64 Å². The Labute approximate surface area is 165 Å². The molecule has 134 valence electrons. The number of likely N-dealkylation sites (tertiary alicyclic amines) is 1. The van der Waals surface area contributed by atoms with Crippen molar-refractivity contribution in [2.24, 2.45) is 0 Å². The fourth-order valence-corrected chi connectivity index (χ4v) is 4.63. The molecule has 1 atom stereocenters. The molecule has 26 heavy (non-hydrogen) atoms. The van der Waals surface area contributed by atoms with Crippen molar-refractivity contribution in [2.45, 2.75) is 25.5 Å². The number of benzene rings is 1. The van der Waals surface area contributed by atoms with Gasteiger partial charge in [0, 0.05) is 16.9 Å². The molecular weight excluding hydrogens is 388 g/mol. The first-order valence-electron chi connectivity index (χ1n) is 8.36. The van der Waals surface area contributed by atoms with E-state index in [0.29, 0.717) is 17.3 Å². The zero-order valence-corrected chi connectivity index (χ0v) is 16.3. The highest BCUT2D eigenvalue weighted by Gasteiger charge is 2.31. The van der Waals surface area contributed by atoms with Gasteiger partial charge in [-0.15, -0.1) is 11.3 Å². The van der Waals surface area contributed by atoms with E-state index in [0.717, 1.165) is 30.1 Å². The van der Waals surface area contributed by atoms with Gasteiger partial charge in [0.2, 0.25) is 0 Å². The SMILES string of the molecule is O=C(c1csc(COc2ccc(Cl)cc2)n1)N1CCCC1c1ccsc1. The molecule has 2 aromatic heterocycles. The van der Waals surface area contributed by atoms with Crippen LogP contribution in [0.5, 0.6) is 5.75 Å². The molecule has 1 saturated heterocycles. The Balaban J connectivity index is 1.42. The first-order valence-corrected chi connectivity index (χ1v) is 10.6. The summed E-state index contributed by atoms with van der Waals surface area (Å²) in [7, 11) is 0. The summed E-state index contributed by atoms with van der Waals surface area (Å²) < 4.78 is 5.71. The Morgan fingerprint density at radius 1 is 1.27 bits per heavy atom. The van der Waals surface area contributed by atoms with Gasteiger partial charge in [-0.1, -0.05) is 11.6 Å². The second-order valence-electron chi connectivity index (χ2n) is 6.08. The largest absolute Gasteiger partial charge is 0.486 e.